The number of nitrogens with zero attached hydrogens (tertiary/aromatic N) is 1. The van der Waals surface area contributed by atoms with E-state index in [-0.39, 0.29) is 5.69 Å². The highest BCUT2D eigenvalue weighted by molar-refractivity contribution is 5.81. The van der Waals surface area contributed by atoms with Crippen LogP contribution in [0.4, 0.5) is 5.69 Å². The Morgan fingerprint density at radius 2 is 1.89 bits per heavy atom. The quantitative estimate of drug-likeness (QED) is 0.654. The average molecular weight is 253 g/mol. The molecule has 0 fully saturated rings. The van der Waals surface area contributed by atoms with E-state index >= 15 is 0 Å². The maximum atomic E-state index is 12.2. The average Bonchev–Trinajstić information content (AvgIpc) is 2.65. The number of hydrogen-bond donors (Lipinski definition) is 2. The van der Waals surface area contributed by atoms with Gasteiger partial charge in [-0.3, -0.25) is 4.57 Å². The molecule has 3 N–H and O–H groups in total. The summed E-state index contributed by atoms with van der Waals surface area (Å²) >= 11 is 0. The molecule has 0 amide bonds. The van der Waals surface area contributed by atoms with E-state index in [2.05, 4.69) is 11.1 Å². The van der Waals surface area contributed by atoms with E-state index in [1.54, 1.807) is 10.6 Å². The highest BCUT2D eigenvalue weighted by atomic mass is 16.1. The summed E-state index contributed by atoms with van der Waals surface area (Å²) in [7, 11) is 0. The Morgan fingerprint density at radius 1 is 1.11 bits per heavy atom. The summed E-state index contributed by atoms with van der Waals surface area (Å²) < 4.78 is 1.67. The van der Waals surface area contributed by atoms with E-state index in [4.69, 9.17) is 5.73 Å². The highest BCUT2D eigenvalue weighted by Crippen LogP contribution is 2.21. The molecule has 0 aliphatic heterocycles. The third-order valence-corrected chi connectivity index (χ3v) is 3.30. The Balaban J connectivity index is 2.38. The van der Waals surface area contributed by atoms with Crippen LogP contribution in [-0.4, -0.2) is 9.55 Å². The third-order valence-electron chi connectivity index (χ3n) is 3.30. The van der Waals surface area contributed by atoms with E-state index in [9.17, 15) is 4.79 Å². The first-order chi connectivity index (χ1) is 9.06. The molecular formula is C15H15N3O. The Bertz CT molecular complexity index is 827. The van der Waals surface area contributed by atoms with Crippen molar-refractivity contribution in [1.82, 2.24) is 9.55 Å². The van der Waals surface area contributed by atoms with Crippen LogP contribution in [0, 0.1) is 13.8 Å². The lowest BCUT2D eigenvalue weighted by atomic mass is 10.1. The number of benzene rings is 2. The second-order valence-electron chi connectivity index (χ2n) is 4.83. The van der Waals surface area contributed by atoms with Gasteiger partial charge in [0.15, 0.2) is 0 Å². The second kappa shape index (κ2) is 4.02. The summed E-state index contributed by atoms with van der Waals surface area (Å²) in [5.41, 5.74) is 11.0. The molecule has 0 saturated carbocycles. The first-order valence-electron chi connectivity index (χ1n) is 6.14. The number of nitrogens with one attached hydrogen (secondary N) is 1. The lowest BCUT2D eigenvalue weighted by molar-refractivity contribution is 1.00. The minimum absolute atomic E-state index is 0.146. The Kier molecular flexibility index (Phi) is 2.45. The zero-order valence-corrected chi connectivity index (χ0v) is 10.9. The summed E-state index contributed by atoms with van der Waals surface area (Å²) in [5, 5.41) is 0. The smallest absolute Gasteiger partial charge is 0.331 e. The summed E-state index contributed by atoms with van der Waals surface area (Å²) in [6, 6.07) is 11.4. The first-order valence-corrected chi connectivity index (χ1v) is 6.14. The van der Waals surface area contributed by atoms with Gasteiger partial charge < -0.3 is 10.7 Å². The molecule has 4 heteroatoms. The molecule has 4 nitrogen and oxygen atoms in total. The van der Waals surface area contributed by atoms with Crippen LogP contribution >= 0.6 is 0 Å². The Morgan fingerprint density at radius 3 is 2.63 bits per heavy atom. The molecule has 0 spiro atoms. The second-order valence-corrected chi connectivity index (χ2v) is 4.83. The molecule has 96 valence electrons. The molecule has 0 radical (unpaired) electrons. The maximum absolute atomic E-state index is 12.2. The third kappa shape index (κ3) is 1.81. The van der Waals surface area contributed by atoms with Crippen LogP contribution in [0.15, 0.2) is 41.2 Å². The zero-order valence-electron chi connectivity index (χ0n) is 10.9. The fraction of sp³-hybridized carbons (Fsp3) is 0.133. The predicted octanol–water partition coefficient (Wildman–Crippen LogP) is 2.52. The van der Waals surface area contributed by atoms with Crippen LogP contribution in [0.5, 0.6) is 0 Å². The molecule has 19 heavy (non-hydrogen) atoms. The van der Waals surface area contributed by atoms with Gasteiger partial charge >= 0.3 is 5.69 Å². The summed E-state index contributed by atoms with van der Waals surface area (Å²) in [5.74, 6) is 0. The van der Waals surface area contributed by atoms with Crippen molar-refractivity contribution in [2.45, 2.75) is 13.8 Å². The van der Waals surface area contributed by atoms with E-state index in [0.29, 0.717) is 5.69 Å². The lowest BCUT2D eigenvalue weighted by Gasteiger charge is -2.08. The van der Waals surface area contributed by atoms with Gasteiger partial charge in [0.1, 0.15) is 0 Å². The van der Waals surface area contributed by atoms with Gasteiger partial charge in [-0.05, 0) is 43.7 Å². The van der Waals surface area contributed by atoms with Gasteiger partial charge in [-0.2, -0.15) is 0 Å². The van der Waals surface area contributed by atoms with E-state index in [1.807, 2.05) is 38.1 Å². The number of aromatic nitrogens is 2. The summed E-state index contributed by atoms with van der Waals surface area (Å²) in [6.45, 7) is 4.03. The number of hydrogen-bond acceptors (Lipinski definition) is 2. The van der Waals surface area contributed by atoms with Crippen LogP contribution in [0.3, 0.4) is 0 Å². The number of aromatic amines is 1. The molecule has 0 saturated heterocycles. The monoisotopic (exact) mass is 253 g/mol. The molecule has 3 aromatic rings. The fourth-order valence-electron chi connectivity index (χ4n) is 2.42. The normalized spacial score (nSPS) is 11.1. The van der Waals surface area contributed by atoms with Gasteiger partial charge in [0, 0.05) is 5.69 Å². The van der Waals surface area contributed by atoms with Gasteiger partial charge in [-0.25, -0.2) is 4.79 Å². The van der Waals surface area contributed by atoms with Crippen molar-refractivity contribution in [3.63, 3.8) is 0 Å². The first kappa shape index (κ1) is 11.6. The van der Waals surface area contributed by atoms with Crippen molar-refractivity contribution in [2.24, 2.45) is 0 Å². The van der Waals surface area contributed by atoms with Crippen molar-refractivity contribution < 1.29 is 0 Å². The largest absolute Gasteiger partial charge is 0.399 e. The fourth-order valence-corrected chi connectivity index (χ4v) is 2.42. The lowest BCUT2D eigenvalue weighted by Crippen LogP contribution is -2.15. The number of imidazole rings is 1. The van der Waals surface area contributed by atoms with Gasteiger partial charge in [-0.15, -0.1) is 0 Å². The van der Waals surface area contributed by atoms with Gasteiger partial charge in [0.25, 0.3) is 0 Å². The standard InChI is InChI=1S/C15H15N3O/c1-9-3-6-13(10(2)7-9)18-14-8-11(16)4-5-12(14)17-15(18)19/h3-8H,16H2,1-2H3,(H,17,19). The van der Waals surface area contributed by atoms with Gasteiger partial charge in [0.05, 0.1) is 16.7 Å². The number of H-pyrrole nitrogens is 1. The van der Waals surface area contributed by atoms with Crippen molar-refractivity contribution in [3.8, 4) is 5.69 Å². The zero-order chi connectivity index (χ0) is 13.6. The number of aryl methyl sites for hydroxylation is 2. The van der Waals surface area contributed by atoms with Gasteiger partial charge in [0.2, 0.25) is 0 Å². The molecule has 0 unspecified atom stereocenters. The number of anilines is 1. The minimum atomic E-state index is -0.146. The number of nitrogens with two attached hydrogens (primary N) is 1. The van der Waals surface area contributed by atoms with Crippen molar-refractivity contribution in [2.75, 3.05) is 5.73 Å². The van der Waals surface area contributed by atoms with Crippen LogP contribution in [0.2, 0.25) is 0 Å². The van der Waals surface area contributed by atoms with Crippen LogP contribution in [0.1, 0.15) is 11.1 Å². The van der Waals surface area contributed by atoms with E-state index in [1.165, 1.54) is 5.56 Å². The molecule has 0 aliphatic carbocycles. The predicted molar refractivity (Wildman–Crippen MR) is 77.8 cm³/mol. The van der Waals surface area contributed by atoms with Gasteiger partial charge in [-0.1, -0.05) is 17.7 Å². The minimum Gasteiger partial charge on any atom is -0.399 e. The molecule has 0 atom stereocenters. The van der Waals surface area contributed by atoms with Crippen LogP contribution in [-0.2, 0) is 0 Å². The number of fused-ring (bicyclic) bond motifs is 1. The molecular weight excluding hydrogens is 238 g/mol. The molecule has 3 rings (SSSR count). The van der Waals surface area contributed by atoms with Crippen molar-refractivity contribution in [3.05, 3.63) is 58.0 Å². The summed E-state index contributed by atoms with van der Waals surface area (Å²) in [4.78, 5) is 15.0. The molecule has 1 aromatic heterocycles. The number of rotatable bonds is 1. The molecule has 1 heterocycles. The molecule has 0 aliphatic rings. The molecule has 0 bridgehead atoms. The molecule has 2 aromatic carbocycles. The van der Waals surface area contributed by atoms with Crippen LogP contribution < -0.4 is 11.4 Å². The van der Waals surface area contributed by atoms with Crippen molar-refractivity contribution >= 4 is 16.7 Å². The van der Waals surface area contributed by atoms with Crippen molar-refractivity contribution in [1.29, 1.82) is 0 Å². The van der Waals surface area contributed by atoms with E-state index in [0.717, 1.165) is 22.3 Å². The SMILES string of the molecule is Cc1ccc(-n2c(=O)[nH]c3ccc(N)cc32)c(C)c1. The topological polar surface area (TPSA) is 63.8 Å². The Labute approximate surface area is 110 Å². The van der Waals surface area contributed by atoms with E-state index < -0.39 is 0 Å². The maximum Gasteiger partial charge on any atom is 0.331 e. The Hall–Kier alpha value is -2.49. The number of nitrogen functional groups attached to an aromatic ring is 1. The van der Waals surface area contributed by atoms with Crippen LogP contribution in [0.25, 0.3) is 16.7 Å². The highest BCUT2D eigenvalue weighted by Gasteiger charge is 2.10. The summed E-state index contributed by atoms with van der Waals surface area (Å²) in [6.07, 6.45) is 0.